The Bertz CT molecular complexity index is 1360. The summed E-state index contributed by atoms with van der Waals surface area (Å²) < 4.78 is 22.3. The van der Waals surface area contributed by atoms with Crippen LogP contribution in [0, 0.1) is 0 Å². The zero-order valence-electron chi connectivity index (χ0n) is 22.3. The lowest BCUT2D eigenvalue weighted by molar-refractivity contribution is 0.0751. The lowest BCUT2D eigenvalue weighted by atomic mass is 9.94. The monoisotopic (exact) mass is 524 g/mol. The van der Waals surface area contributed by atoms with Crippen molar-refractivity contribution in [2.45, 2.75) is 44.7 Å². The van der Waals surface area contributed by atoms with Gasteiger partial charge in [-0.3, -0.25) is 14.6 Å². The van der Waals surface area contributed by atoms with E-state index in [0.29, 0.717) is 35.2 Å². The van der Waals surface area contributed by atoms with Gasteiger partial charge in [0.15, 0.2) is 34.0 Å². The second-order valence-electron chi connectivity index (χ2n) is 10.1. The summed E-state index contributed by atoms with van der Waals surface area (Å²) in [6, 6.07) is 7.20. The first kappa shape index (κ1) is 26.2. The summed E-state index contributed by atoms with van der Waals surface area (Å²) in [4.78, 5) is 18.1. The molecule has 0 radical (unpaired) electrons. The van der Waals surface area contributed by atoms with Crippen molar-refractivity contribution in [3.05, 3.63) is 40.1 Å². The SMILES string of the molecule is COc1ccc(-c2cc(=O)c3c(O)c(OC)c(O)c(CN4CCN(C5CCCCC5)CC4)c3o2)cc1OC. The van der Waals surface area contributed by atoms with Gasteiger partial charge in [0.25, 0.3) is 0 Å². The second kappa shape index (κ2) is 11.1. The maximum Gasteiger partial charge on any atom is 0.204 e. The van der Waals surface area contributed by atoms with Crippen LogP contribution >= 0.6 is 0 Å². The molecular formula is C29H36N2O7. The molecule has 1 aromatic heterocycles. The molecule has 1 aliphatic carbocycles. The summed E-state index contributed by atoms with van der Waals surface area (Å²) in [5.74, 6) is 0.547. The van der Waals surface area contributed by atoms with Gasteiger partial charge in [-0.15, -0.1) is 0 Å². The highest BCUT2D eigenvalue weighted by molar-refractivity contribution is 5.92. The fourth-order valence-corrected chi connectivity index (χ4v) is 5.83. The Labute approximate surface area is 222 Å². The van der Waals surface area contributed by atoms with Crippen LogP contribution in [0.1, 0.15) is 37.7 Å². The van der Waals surface area contributed by atoms with E-state index in [9.17, 15) is 15.0 Å². The van der Waals surface area contributed by atoms with E-state index in [1.165, 1.54) is 52.4 Å². The molecule has 38 heavy (non-hydrogen) atoms. The highest BCUT2D eigenvalue weighted by Gasteiger charge is 2.29. The number of fused-ring (bicyclic) bond motifs is 1. The Kier molecular flexibility index (Phi) is 7.67. The van der Waals surface area contributed by atoms with E-state index in [1.54, 1.807) is 25.3 Å². The highest BCUT2D eigenvalue weighted by Crippen LogP contribution is 2.46. The molecule has 2 aromatic carbocycles. The summed E-state index contributed by atoms with van der Waals surface area (Å²) in [5, 5.41) is 22.0. The third-order valence-corrected chi connectivity index (χ3v) is 7.93. The first-order valence-electron chi connectivity index (χ1n) is 13.2. The van der Waals surface area contributed by atoms with Crippen molar-refractivity contribution in [2.75, 3.05) is 47.5 Å². The number of methoxy groups -OCH3 is 3. The number of hydrogen-bond donors (Lipinski definition) is 2. The van der Waals surface area contributed by atoms with Gasteiger partial charge in [0.2, 0.25) is 5.75 Å². The predicted octanol–water partition coefficient (Wildman–Crippen LogP) is 4.35. The summed E-state index contributed by atoms with van der Waals surface area (Å²) in [7, 11) is 4.44. The fraction of sp³-hybridized carbons (Fsp3) is 0.483. The van der Waals surface area contributed by atoms with Gasteiger partial charge in [0.05, 0.1) is 26.9 Å². The molecule has 0 amide bonds. The highest BCUT2D eigenvalue weighted by atomic mass is 16.5. The standard InChI is InChI=1S/C29H36N2O7/c1-35-22-10-9-18(15-24(22)36-2)23-16-21(32)25-27(34)29(37-3)26(33)20(28(25)38-23)17-30-11-13-31(14-12-30)19-7-5-4-6-8-19/h9-10,15-16,19,33-34H,4-8,11-14,17H2,1-3H3. The molecule has 2 N–H and O–H groups in total. The molecular weight excluding hydrogens is 488 g/mol. The van der Waals surface area contributed by atoms with Gasteiger partial charge < -0.3 is 28.8 Å². The van der Waals surface area contributed by atoms with Gasteiger partial charge in [0.1, 0.15) is 11.1 Å². The molecule has 9 nitrogen and oxygen atoms in total. The fourth-order valence-electron chi connectivity index (χ4n) is 5.83. The molecule has 2 heterocycles. The third kappa shape index (κ3) is 4.88. The topological polar surface area (TPSA) is 105 Å². The van der Waals surface area contributed by atoms with Crippen molar-refractivity contribution in [3.8, 4) is 40.1 Å². The van der Waals surface area contributed by atoms with Gasteiger partial charge >= 0.3 is 0 Å². The van der Waals surface area contributed by atoms with Crippen LogP contribution in [0.5, 0.6) is 28.7 Å². The van der Waals surface area contributed by atoms with E-state index in [4.69, 9.17) is 18.6 Å². The van der Waals surface area contributed by atoms with Crippen molar-refractivity contribution < 1.29 is 28.8 Å². The lowest BCUT2D eigenvalue weighted by Crippen LogP contribution is -2.50. The van der Waals surface area contributed by atoms with Crippen molar-refractivity contribution >= 4 is 11.0 Å². The molecule has 1 saturated carbocycles. The van der Waals surface area contributed by atoms with E-state index in [-0.39, 0.29) is 28.2 Å². The van der Waals surface area contributed by atoms with Gasteiger partial charge in [-0.25, -0.2) is 0 Å². The van der Waals surface area contributed by atoms with Crippen molar-refractivity contribution in [1.82, 2.24) is 9.80 Å². The minimum Gasteiger partial charge on any atom is -0.504 e. The van der Waals surface area contributed by atoms with Crippen LogP contribution in [0.2, 0.25) is 0 Å². The average molecular weight is 525 g/mol. The molecule has 3 aromatic rings. The number of hydrogen-bond acceptors (Lipinski definition) is 9. The van der Waals surface area contributed by atoms with E-state index in [1.807, 2.05) is 0 Å². The predicted molar refractivity (Wildman–Crippen MR) is 145 cm³/mol. The number of aromatic hydroxyl groups is 2. The van der Waals surface area contributed by atoms with Gasteiger partial charge in [-0.05, 0) is 31.0 Å². The maximum absolute atomic E-state index is 13.3. The van der Waals surface area contributed by atoms with E-state index in [0.717, 1.165) is 26.2 Å². The largest absolute Gasteiger partial charge is 0.504 e. The van der Waals surface area contributed by atoms with Crippen LogP contribution in [-0.4, -0.2) is 73.6 Å². The molecule has 2 aliphatic rings. The summed E-state index contributed by atoms with van der Waals surface area (Å²) in [6.07, 6.45) is 6.48. The van der Waals surface area contributed by atoms with Crippen molar-refractivity contribution in [2.24, 2.45) is 0 Å². The van der Waals surface area contributed by atoms with Crippen LogP contribution in [0.25, 0.3) is 22.3 Å². The molecule has 0 bridgehead atoms. The third-order valence-electron chi connectivity index (χ3n) is 7.93. The zero-order chi connectivity index (χ0) is 26.8. The molecule has 0 atom stereocenters. The number of rotatable bonds is 7. The average Bonchev–Trinajstić information content (AvgIpc) is 2.95. The number of benzene rings is 2. The molecule has 0 spiro atoms. The molecule has 2 fully saturated rings. The number of ether oxygens (including phenoxy) is 3. The first-order chi connectivity index (χ1) is 18.4. The Balaban J connectivity index is 1.52. The van der Waals surface area contributed by atoms with Gasteiger partial charge in [-0.1, -0.05) is 19.3 Å². The van der Waals surface area contributed by atoms with Crippen LogP contribution in [-0.2, 0) is 6.54 Å². The zero-order valence-corrected chi connectivity index (χ0v) is 22.3. The van der Waals surface area contributed by atoms with Crippen LogP contribution in [0.4, 0.5) is 0 Å². The van der Waals surface area contributed by atoms with Crippen molar-refractivity contribution in [1.29, 1.82) is 0 Å². The van der Waals surface area contributed by atoms with Gasteiger partial charge in [0, 0.05) is 50.4 Å². The minimum absolute atomic E-state index is 0.0141. The van der Waals surface area contributed by atoms with Gasteiger partial charge in [-0.2, -0.15) is 0 Å². The maximum atomic E-state index is 13.3. The number of nitrogens with zero attached hydrogens (tertiary/aromatic N) is 2. The molecule has 204 valence electrons. The van der Waals surface area contributed by atoms with E-state index >= 15 is 0 Å². The summed E-state index contributed by atoms with van der Waals surface area (Å²) >= 11 is 0. The Morgan fingerprint density at radius 1 is 0.895 bits per heavy atom. The molecule has 5 rings (SSSR count). The lowest BCUT2D eigenvalue weighted by Gasteiger charge is -2.40. The Morgan fingerprint density at radius 3 is 2.26 bits per heavy atom. The van der Waals surface area contributed by atoms with E-state index < -0.39 is 11.2 Å². The smallest absolute Gasteiger partial charge is 0.204 e. The summed E-state index contributed by atoms with van der Waals surface area (Å²) in [5.41, 5.74) is 0.728. The number of piperazine rings is 1. The number of phenolic OH excluding ortho intramolecular Hbond substituents is 2. The minimum atomic E-state index is -0.435. The van der Waals surface area contributed by atoms with Crippen LogP contribution in [0.15, 0.2) is 33.5 Å². The molecule has 0 unspecified atom stereocenters. The van der Waals surface area contributed by atoms with Crippen molar-refractivity contribution in [3.63, 3.8) is 0 Å². The molecule has 9 heteroatoms. The second-order valence-corrected chi connectivity index (χ2v) is 10.1. The molecule has 1 saturated heterocycles. The Morgan fingerprint density at radius 2 is 1.61 bits per heavy atom. The molecule has 1 aliphatic heterocycles. The Hall–Kier alpha value is -3.43. The quantitative estimate of drug-likeness (QED) is 0.467. The van der Waals surface area contributed by atoms with Crippen LogP contribution in [0.3, 0.4) is 0 Å². The summed E-state index contributed by atoms with van der Waals surface area (Å²) in [6.45, 7) is 3.94. The van der Waals surface area contributed by atoms with E-state index in [2.05, 4.69) is 9.80 Å². The first-order valence-corrected chi connectivity index (χ1v) is 13.2. The number of phenols is 2. The normalized spacial score (nSPS) is 17.6. The van der Waals surface area contributed by atoms with Crippen LogP contribution < -0.4 is 19.6 Å².